The largest absolute Gasteiger partial charge is 0.481 e. The fourth-order valence-corrected chi connectivity index (χ4v) is 1.53. The highest BCUT2D eigenvalue weighted by Gasteiger charge is 2.47. The van der Waals surface area contributed by atoms with Gasteiger partial charge in [-0.15, -0.1) is 6.42 Å². The molecule has 78 valence electrons. The zero-order valence-corrected chi connectivity index (χ0v) is 7.86. The lowest BCUT2D eigenvalue weighted by Gasteiger charge is -2.43. The van der Waals surface area contributed by atoms with E-state index in [1.165, 1.54) is 7.11 Å². The van der Waals surface area contributed by atoms with Crippen molar-refractivity contribution in [2.75, 3.05) is 7.11 Å². The number of rotatable bonds is 4. The van der Waals surface area contributed by atoms with Gasteiger partial charge >= 0.3 is 5.97 Å². The van der Waals surface area contributed by atoms with E-state index in [0.717, 1.165) is 0 Å². The van der Waals surface area contributed by atoms with Gasteiger partial charge in [0.05, 0.1) is 11.5 Å². The van der Waals surface area contributed by atoms with E-state index in [1.54, 1.807) is 0 Å². The van der Waals surface area contributed by atoms with Gasteiger partial charge in [-0.25, -0.2) is 0 Å². The third-order valence-electron chi connectivity index (χ3n) is 2.44. The average Bonchev–Trinajstić information content (AvgIpc) is 2.09. The van der Waals surface area contributed by atoms with Crippen molar-refractivity contribution in [2.45, 2.75) is 24.8 Å². The lowest BCUT2D eigenvalue weighted by molar-refractivity contribution is -0.152. The lowest BCUT2D eigenvalue weighted by Crippen LogP contribution is -2.59. The Hall–Kier alpha value is -1.09. The van der Waals surface area contributed by atoms with Gasteiger partial charge < -0.3 is 14.9 Å². The van der Waals surface area contributed by atoms with E-state index in [0.29, 0.717) is 12.8 Å². The van der Waals surface area contributed by atoms with Crippen LogP contribution in [-0.4, -0.2) is 35.2 Å². The minimum absolute atomic E-state index is 0.319. The van der Waals surface area contributed by atoms with Crippen LogP contribution in [0.1, 0.15) is 12.8 Å². The summed E-state index contributed by atoms with van der Waals surface area (Å²) in [5, 5.41) is 20.4. The summed E-state index contributed by atoms with van der Waals surface area (Å²) < 4.78 is 4.58. The van der Waals surface area contributed by atoms with Crippen LogP contribution in [-0.2, 0) is 9.53 Å². The van der Waals surface area contributed by atoms with Crippen LogP contribution in [0.4, 0.5) is 0 Å². The number of hydrogen-bond acceptors (Lipinski definition) is 4. The molecule has 0 radical (unpaired) electrons. The number of aliphatic carboxylic acids is 1. The second-order valence-electron chi connectivity index (χ2n) is 3.40. The highest BCUT2D eigenvalue weighted by Crippen LogP contribution is 2.37. The number of aliphatic hydroxyl groups is 1. The van der Waals surface area contributed by atoms with Crippen LogP contribution in [0, 0.1) is 18.3 Å². The average molecular weight is 199 g/mol. The van der Waals surface area contributed by atoms with Crippen molar-refractivity contribution in [2.24, 2.45) is 5.92 Å². The first-order valence-corrected chi connectivity index (χ1v) is 4.22. The summed E-state index contributed by atoms with van der Waals surface area (Å²) in [6, 6.07) is 0. The summed E-state index contributed by atoms with van der Waals surface area (Å²) in [7, 11) is 1.33. The number of carbonyl (C=O) groups is 1. The van der Waals surface area contributed by atoms with Crippen molar-refractivity contribution in [1.29, 1.82) is 0 Å². The van der Waals surface area contributed by atoms with Gasteiger partial charge in [-0.1, -0.05) is 5.92 Å². The Morgan fingerprint density at radius 2 is 2.36 bits per heavy atom. The highest BCUT2D eigenvalue weighted by molar-refractivity contribution is 5.72. The molecule has 0 saturated heterocycles. The van der Waals surface area contributed by atoms with Crippen LogP contribution in [0.2, 0.25) is 0 Å². The zero-order chi connectivity index (χ0) is 10.8. The Balaban J connectivity index is 2.50. The van der Waals surface area contributed by atoms with Crippen molar-refractivity contribution < 1.29 is 19.7 Å². The van der Waals surface area contributed by atoms with Gasteiger partial charge in [-0.2, -0.15) is 0 Å². The number of carboxylic acid groups (broad SMARTS) is 1. The summed E-state index contributed by atoms with van der Waals surface area (Å²) in [5.41, 5.74) is -0.738. The molecular formula is C9H13NO4. The molecule has 1 saturated carbocycles. The molecule has 0 aliphatic heterocycles. The molecule has 0 aromatic rings. The third kappa shape index (κ3) is 2.04. The second kappa shape index (κ2) is 3.96. The summed E-state index contributed by atoms with van der Waals surface area (Å²) >= 11 is 0. The maximum Gasteiger partial charge on any atom is 0.306 e. The minimum atomic E-state index is -1.15. The van der Waals surface area contributed by atoms with Crippen molar-refractivity contribution >= 4 is 5.97 Å². The van der Waals surface area contributed by atoms with Crippen molar-refractivity contribution in [3.05, 3.63) is 0 Å². The fraction of sp³-hybridized carbons (Fsp3) is 0.667. The monoisotopic (exact) mass is 199 g/mol. The van der Waals surface area contributed by atoms with E-state index in [4.69, 9.17) is 16.6 Å². The molecule has 0 spiro atoms. The predicted octanol–water partition coefficient (Wildman–Crippen LogP) is -0.635. The van der Waals surface area contributed by atoms with E-state index in [1.807, 2.05) is 0 Å². The van der Waals surface area contributed by atoms with E-state index >= 15 is 0 Å². The molecule has 5 heteroatoms. The van der Waals surface area contributed by atoms with Gasteiger partial charge in [0, 0.05) is 7.11 Å². The predicted molar refractivity (Wildman–Crippen MR) is 48.1 cm³/mol. The summed E-state index contributed by atoms with van der Waals surface area (Å²) in [5.74, 6) is 1.17. The Morgan fingerprint density at radius 1 is 1.79 bits per heavy atom. The van der Waals surface area contributed by atoms with Crippen LogP contribution in [0.25, 0.3) is 0 Å². The van der Waals surface area contributed by atoms with E-state index in [2.05, 4.69) is 16.0 Å². The van der Waals surface area contributed by atoms with E-state index < -0.39 is 23.8 Å². The number of ether oxygens (including phenoxy) is 1. The number of methoxy groups -OCH3 is 1. The first-order chi connectivity index (χ1) is 6.53. The van der Waals surface area contributed by atoms with Gasteiger partial charge in [-0.05, 0) is 12.8 Å². The minimum Gasteiger partial charge on any atom is -0.481 e. The molecule has 14 heavy (non-hydrogen) atoms. The molecule has 1 aliphatic rings. The molecule has 0 heterocycles. The highest BCUT2D eigenvalue weighted by atomic mass is 16.6. The molecule has 1 atom stereocenters. The maximum atomic E-state index is 10.6. The quantitative estimate of drug-likeness (QED) is 0.415. The molecule has 0 bridgehead atoms. The summed E-state index contributed by atoms with van der Waals surface area (Å²) in [6.45, 7) is 0. The SMILES string of the molecule is C#C[C@]1(NC(O)OC)C[C@@H](C(=O)O)C1. The molecule has 0 amide bonds. The number of hydrogen-bond donors (Lipinski definition) is 3. The molecule has 1 rings (SSSR count). The van der Waals surface area contributed by atoms with Crippen LogP contribution in [0.5, 0.6) is 0 Å². The number of carboxylic acids is 1. The molecule has 5 nitrogen and oxygen atoms in total. The molecule has 0 aromatic heterocycles. The molecular weight excluding hydrogens is 186 g/mol. The Labute approximate surface area is 82.1 Å². The van der Waals surface area contributed by atoms with Crippen molar-refractivity contribution in [3.63, 3.8) is 0 Å². The molecule has 1 unspecified atom stereocenters. The molecule has 1 aliphatic carbocycles. The van der Waals surface area contributed by atoms with Gasteiger partial charge in [0.25, 0.3) is 0 Å². The van der Waals surface area contributed by atoms with Crippen LogP contribution < -0.4 is 5.32 Å². The van der Waals surface area contributed by atoms with Crippen LogP contribution in [0.15, 0.2) is 0 Å². The Bertz CT molecular complexity index is 264. The molecule has 3 N–H and O–H groups in total. The molecule has 0 aromatic carbocycles. The van der Waals surface area contributed by atoms with Gasteiger partial charge in [-0.3, -0.25) is 10.1 Å². The van der Waals surface area contributed by atoms with Crippen LogP contribution >= 0.6 is 0 Å². The number of terminal acetylenes is 1. The van der Waals surface area contributed by atoms with Crippen LogP contribution in [0.3, 0.4) is 0 Å². The van der Waals surface area contributed by atoms with Gasteiger partial charge in [0.15, 0.2) is 0 Å². The third-order valence-corrected chi connectivity index (χ3v) is 2.44. The van der Waals surface area contributed by atoms with E-state index in [9.17, 15) is 4.79 Å². The smallest absolute Gasteiger partial charge is 0.306 e. The fourth-order valence-electron chi connectivity index (χ4n) is 1.53. The number of aliphatic hydroxyl groups excluding tert-OH is 1. The number of nitrogens with one attached hydrogen (secondary N) is 1. The first-order valence-electron chi connectivity index (χ1n) is 4.22. The van der Waals surface area contributed by atoms with Crippen molar-refractivity contribution in [1.82, 2.24) is 5.32 Å². The Kier molecular flexibility index (Phi) is 3.11. The normalized spacial score (nSPS) is 32.8. The maximum absolute atomic E-state index is 10.6. The van der Waals surface area contributed by atoms with Crippen molar-refractivity contribution in [3.8, 4) is 12.3 Å². The topological polar surface area (TPSA) is 78.8 Å². The second-order valence-corrected chi connectivity index (χ2v) is 3.40. The van der Waals surface area contributed by atoms with E-state index in [-0.39, 0.29) is 0 Å². The summed E-state index contributed by atoms with van der Waals surface area (Å²) in [4.78, 5) is 10.6. The molecule has 1 fully saturated rings. The standard InChI is InChI=1S/C9H13NO4/c1-3-9(10-8(13)14-2)4-6(5-9)7(11)12/h1,6,8,10,13H,4-5H2,2H3,(H,11,12)/t6-,8?,9+. The first kappa shape index (κ1) is 11.0. The lowest BCUT2D eigenvalue weighted by atomic mass is 9.69. The van der Waals surface area contributed by atoms with Gasteiger partial charge in [0.2, 0.25) is 6.41 Å². The van der Waals surface area contributed by atoms with Gasteiger partial charge in [0.1, 0.15) is 0 Å². The summed E-state index contributed by atoms with van der Waals surface area (Å²) in [6.07, 6.45) is 4.75. The Morgan fingerprint density at radius 3 is 2.71 bits per heavy atom. The zero-order valence-electron chi connectivity index (χ0n) is 7.86.